The zero-order valence-electron chi connectivity index (χ0n) is 12.2. The summed E-state index contributed by atoms with van der Waals surface area (Å²) in [5, 5.41) is 2.49. The molecule has 3 amide bonds. The van der Waals surface area contributed by atoms with Crippen molar-refractivity contribution in [1.82, 2.24) is 10.2 Å². The zero-order chi connectivity index (χ0) is 15.6. The van der Waals surface area contributed by atoms with Crippen LogP contribution in [0.2, 0.25) is 0 Å². The number of carbonyl (C=O) groups excluding carboxylic acids is 2. The van der Waals surface area contributed by atoms with Gasteiger partial charge in [-0.25, -0.2) is 4.79 Å². The first kappa shape index (κ1) is 14.7. The third kappa shape index (κ3) is 2.49. The molecule has 112 valence electrons. The Balaban J connectivity index is 2.50. The van der Waals surface area contributed by atoms with Gasteiger partial charge in [-0.05, 0) is 18.2 Å². The predicted octanol–water partition coefficient (Wildman–Crippen LogP) is 1.23. The van der Waals surface area contributed by atoms with E-state index in [4.69, 9.17) is 14.2 Å². The Bertz CT molecular complexity index is 624. The van der Waals surface area contributed by atoms with Gasteiger partial charge in [-0.2, -0.15) is 0 Å². The summed E-state index contributed by atoms with van der Waals surface area (Å²) in [6.45, 7) is 0. The van der Waals surface area contributed by atoms with Crippen LogP contribution in [0.3, 0.4) is 0 Å². The van der Waals surface area contributed by atoms with Crippen molar-refractivity contribution in [3.8, 4) is 17.2 Å². The molecule has 21 heavy (non-hydrogen) atoms. The zero-order valence-corrected chi connectivity index (χ0v) is 12.2. The lowest BCUT2D eigenvalue weighted by atomic mass is 10.1. The van der Waals surface area contributed by atoms with E-state index in [1.807, 2.05) is 0 Å². The lowest BCUT2D eigenvalue weighted by molar-refractivity contribution is -0.121. The van der Waals surface area contributed by atoms with Crippen LogP contribution in [0.5, 0.6) is 17.2 Å². The predicted molar refractivity (Wildman–Crippen MR) is 75.4 cm³/mol. The average molecular weight is 292 g/mol. The molecule has 1 aliphatic heterocycles. The second-order valence-electron chi connectivity index (χ2n) is 4.28. The number of rotatable bonds is 4. The molecule has 0 spiro atoms. The summed E-state index contributed by atoms with van der Waals surface area (Å²) in [4.78, 5) is 24.3. The quantitative estimate of drug-likeness (QED) is 0.667. The first-order valence-corrected chi connectivity index (χ1v) is 6.13. The van der Waals surface area contributed by atoms with Crippen LogP contribution in [0.4, 0.5) is 4.79 Å². The van der Waals surface area contributed by atoms with Crippen molar-refractivity contribution >= 4 is 18.0 Å². The highest BCUT2D eigenvalue weighted by atomic mass is 16.5. The molecular formula is C14H16N2O5. The minimum atomic E-state index is -0.467. The second kappa shape index (κ2) is 5.74. The van der Waals surface area contributed by atoms with Crippen molar-refractivity contribution in [3.63, 3.8) is 0 Å². The minimum Gasteiger partial charge on any atom is -0.493 e. The topological polar surface area (TPSA) is 77.1 Å². The van der Waals surface area contributed by atoms with Gasteiger partial charge < -0.3 is 19.5 Å². The Morgan fingerprint density at radius 2 is 1.71 bits per heavy atom. The summed E-state index contributed by atoms with van der Waals surface area (Å²) < 4.78 is 15.8. The van der Waals surface area contributed by atoms with Crippen molar-refractivity contribution in [2.24, 2.45) is 0 Å². The Morgan fingerprint density at radius 3 is 2.19 bits per heavy atom. The summed E-state index contributed by atoms with van der Waals surface area (Å²) in [7, 11) is 5.91. The molecule has 1 N–H and O–H groups in total. The maximum atomic E-state index is 11.9. The van der Waals surface area contributed by atoms with Gasteiger partial charge in [0.25, 0.3) is 5.91 Å². The molecule has 0 bridgehead atoms. The standard InChI is InChI=1S/C14H16N2O5/c1-16-13(17)9(15-14(16)18)7-8-5-6-10(19-2)12(21-4)11(8)20-3/h5-7H,1-4H3,(H,15,18)/b9-7+. The summed E-state index contributed by atoms with van der Waals surface area (Å²) >= 11 is 0. The molecule has 1 aliphatic rings. The molecule has 0 atom stereocenters. The summed E-state index contributed by atoms with van der Waals surface area (Å²) in [6.07, 6.45) is 1.53. The van der Waals surface area contributed by atoms with Gasteiger partial charge in [-0.15, -0.1) is 0 Å². The molecule has 7 nitrogen and oxygen atoms in total. The number of amides is 3. The molecule has 0 radical (unpaired) electrons. The van der Waals surface area contributed by atoms with Crippen LogP contribution in [0.1, 0.15) is 5.56 Å². The van der Waals surface area contributed by atoms with Crippen molar-refractivity contribution in [2.45, 2.75) is 0 Å². The smallest absolute Gasteiger partial charge is 0.328 e. The Kier molecular flexibility index (Phi) is 4.02. The van der Waals surface area contributed by atoms with Gasteiger partial charge in [0.1, 0.15) is 5.70 Å². The second-order valence-corrected chi connectivity index (χ2v) is 4.28. The molecule has 1 aromatic rings. The van der Waals surface area contributed by atoms with Crippen LogP contribution < -0.4 is 19.5 Å². The van der Waals surface area contributed by atoms with E-state index in [9.17, 15) is 9.59 Å². The van der Waals surface area contributed by atoms with E-state index in [1.165, 1.54) is 34.5 Å². The van der Waals surface area contributed by atoms with Gasteiger partial charge in [0, 0.05) is 12.6 Å². The number of likely N-dealkylation sites (N-methyl/N-ethyl adjacent to an activating group) is 1. The molecule has 1 saturated heterocycles. The lowest BCUT2D eigenvalue weighted by Gasteiger charge is -2.14. The van der Waals surface area contributed by atoms with Gasteiger partial charge in [-0.1, -0.05) is 0 Å². The van der Waals surface area contributed by atoms with E-state index < -0.39 is 11.9 Å². The fraction of sp³-hybridized carbons (Fsp3) is 0.286. The molecular weight excluding hydrogens is 276 g/mol. The largest absolute Gasteiger partial charge is 0.493 e. The van der Waals surface area contributed by atoms with E-state index in [0.29, 0.717) is 22.8 Å². The highest BCUT2D eigenvalue weighted by Crippen LogP contribution is 2.40. The number of carbonyl (C=O) groups is 2. The summed E-state index contributed by atoms with van der Waals surface area (Å²) in [5.41, 5.74) is 0.766. The van der Waals surface area contributed by atoms with E-state index >= 15 is 0 Å². The van der Waals surface area contributed by atoms with Crippen molar-refractivity contribution in [3.05, 3.63) is 23.4 Å². The van der Waals surface area contributed by atoms with Crippen LogP contribution in [-0.4, -0.2) is 45.2 Å². The number of methoxy groups -OCH3 is 3. The molecule has 0 unspecified atom stereocenters. The first-order valence-electron chi connectivity index (χ1n) is 6.13. The highest BCUT2D eigenvalue weighted by Gasteiger charge is 2.30. The molecule has 7 heteroatoms. The van der Waals surface area contributed by atoms with Gasteiger partial charge in [0.2, 0.25) is 5.75 Å². The number of nitrogens with zero attached hydrogens (tertiary/aromatic N) is 1. The number of hydrogen-bond donors (Lipinski definition) is 1. The minimum absolute atomic E-state index is 0.174. The number of ether oxygens (including phenoxy) is 3. The van der Waals surface area contributed by atoms with Gasteiger partial charge in [0.15, 0.2) is 11.5 Å². The van der Waals surface area contributed by atoms with Crippen LogP contribution >= 0.6 is 0 Å². The first-order chi connectivity index (χ1) is 10.0. The Labute approximate surface area is 122 Å². The molecule has 1 heterocycles. The van der Waals surface area contributed by atoms with E-state index in [1.54, 1.807) is 12.1 Å². The Morgan fingerprint density at radius 1 is 1.05 bits per heavy atom. The molecule has 1 aromatic carbocycles. The summed E-state index contributed by atoms with van der Waals surface area (Å²) in [5.74, 6) is 0.938. The summed E-state index contributed by atoms with van der Waals surface area (Å²) in [6, 6.07) is 2.94. The van der Waals surface area contributed by atoms with Crippen LogP contribution in [-0.2, 0) is 4.79 Å². The van der Waals surface area contributed by atoms with Crippen molar-refractivity contribution in [1.29, 1.82) is 0 Å². The fourth-order valence-electron chi connectivity index (χ4n) is 2.02. The fourth-order valence-corrected chi connectivity index (χ4v) is 2.02. The number of urea groups is 1. The highest BCUT2D eigenvalue weighted by molar-refractivity contribution is 6.13. The molecule has 0 aromatic heterocycles. The SMILES string of the molecule is COc1ccc(/C=C2/NC(=O)N(C)C2=O)c(OC)c1OC. The monoisotopic (exact) mass is 292 g/mol. The average Bonchev–Trinajstić information content (AvgIpc) is 2.73. The third-order valence-corrected chi connectivity index (χ3v) is 3.12. The number of nitrogens with one attached hydrogen (secondary N) is 1. The van der Waals surface area contributed by atoms with Gasteiger partial charge in [0.05, 0.1) is 21.3 Å². The van der Waals surface area contributed by atoms with Crippen LogP contribution in [0.25, 0.3) is 6.08 Å². The van der Waals surface area contributed by atoms with Crippen molar-refractivity contribution < 1.29 is 23.8 Å². The molecule has 0 aliphatic carbocycles. The van der Waals surface area contributed by atoms with E-state index in [0.717, 1.165) is 4.90 Å². The number of imide groups is 1. The Hall–Kier alpha value is -2.70. The van der Waals surface area contributed by atoms with Gasteiger partial charge >= 0.3 is 6.03 Å². The van der Waals surface area contributed by atoms with Crippen LogP contribution in [0.15, 0.2) is 17.8 Å². The molecule has 2 rings (SSSR count). The lowest BCUT2D eigenvalue weighted by Crippen LogP contribution is -2.25. The van der Waals surface area contributed by atoms with E-state index in [-0.39, 0.29) is 5.70 Å². The number of benzene rings is 1. The molecule has 1 fully saturated rings. The van der Waals surface area contributed by atoms with Crippen molar-refractivity contribution in [2.75, 3.05) is 28.4 Å². The maximum Gasteiger partial charge on any atom is 0.328 e. The third-order valence-electron chi connectivity index (χ3n) is 3.12. The van der Waals surface area contributed by atoms with Gasteiger partial charge in [-0.3, -0.25) is 9.69 Å². The number of hydrogen-bond acceptors (Lipinski definition) is 5. The van der Waals surface area contributed by atoms with Crippen LogP contribution in [0, 0.1) is 0 Å². The van der Waals surface area contributed by atoms with E-state index in [2.05, 4.69) is 5.32 Å². The molecule has 0 saturated carbocycles. The maximum absolute atomic E-state index is 11.9. The normalized spacial score (nSPS) is 16.2.